The molecule has 1 aromatic carbocycles. The van der Waals surface area contributed by atoms with Crippen LogP contribution in [-0.4, -0.2) is 27.5 Å². The van der Waals surface area contributed by atoms with E-state index in [-0.39, 0.29) is 0 Å². The van der Waals surface area contributed by atoms with Crippen molar-refractivity contribution in [3.8, 4) is 5.69 Å². The molecule has 148 valence electrons. The topological polar surface area (TPSA) is 21.1 Å². The lowest BCUT2D eigenvalue weighted by atomic mass is 9.83. The maximum Gasteiger partial charge on any atom is 0.134 e. The number of nitrogens with zero attached hydrogens (tertiary/aromatic N) is 3. The van der Waals surface area contributed by atoms with Gasteiger partial charge in [0.25, 0.3) is 0 Å². The zero-order chi connectivity index (χ0) is 19.7. The second-order valence-corrected chi connectivity index (χ2v) is 8.64. The summed E-state index contributed by atoms with van der Waals surface area (Å²) in [5.41, 5.74) is 6.78. The van der Waals surface area contributed by atoms with Gasteiger partial charge in [-0.1, -0.05) is 36.4 Å². The first kappa shape index (κ1) is 19.2. The lowest BCUT2D eigenvalue weighted by Crippen LogP contribution is -2.30. The molecule has 0 spiro atoms. The van der Waals surface area contributed by atoms with Crippen LogP contribution in [0, 0.1) is 19.8 Å². The molecule has 28 heavy (non-hydrogen) atoms. The van der Waals surface area contributed by atoms with Crippen LogP contribution in [0.4, 0.5) is 0 Å². The largest absolute Gasteiger partial charge is 0.302 e. The standard InChI is InChI=1S/C25H33N3/c1-18(2)21-10-12-22(13-11-21)24(27-15-5-6-16-27)25-26-14-17-28(25)23-19(3)8-7-9-20(23)4/h7-9,12,14,17,21,24H,1,5-6,10-11,13,15-16H2,2-4H3. The molecular formula is C25H33N3. The first-order valence-electron chi connectivity index (χ1n) is 10.7. The number of allylic oxidation sites excluding steroid dienone is 2. The van der Waals surface area contributed by atoms with Crippen LogP contribution in [0.1, 0.15) is 62.0 Å². The number of hydrogen-bond donors (Lipinski definition) is 0. The maximum atomic E-state index is 4.91. The number of imidazole rings is 1. The number of benzene rings is 1. The summed E-state index contributed by atoms with van der Waals surface area (Å²) in [5, 5.41) is 0. The van der Waals surface area contributed by atoms with Gasteiger partial charge in [-0.3, -0.25) is 4.90 Å². The molecule has 4 rings (SSSR count). The number of aromatic nitrogens is 2. The SMILES string of the molecule is C=C(C)C1CC=C(C(c2nccn2-c2c(C)cccc2C)N2CCCC2)CC1. The Hall–Kier alpha value is -2.13. The third kappa shape index (κ3) is 3.60. The maximum absolute atomic E-state index is 4.91. The number of hydrogen-bond acceptors (Lipinski definition) is 2. The number of para-hydroxylation sites is 1. The molecule has 0 saturated carbocycles. The molecule has 0 N–H and O–H groups in total. The average molecular weight is 376 g/mol. The molecule has 0 amide bonds. The molecule has 0 radical (unpaired) electrons. The van der Waals surface area contributed by atoms with Gasteiger partial charge in [0.1, 0.15) is 5.82 Å². The summed E-state index contributed by atoms with van der Waals surface area (Å²) >= 11 is 0. The molecule has 1 saturated heterocycles. The van der Waals surface area contributed by atoms with Crippen LogP contribution in [0.5, 0.6) is 0 Å². The first-order chi connectivity index (χ1) is 13.6. The number of aryl methyl sites for hydroxylation is 2. The quantitative estimate of drug-likeness (QED) is 0.604. The third-order valence-corrected chi connectivity index (χ3v) is 6.59. The summed E-state index contributed by atoms with van der Waals surface area (Å²) in [6.45, 7) is 13.1. The van der Waals surface area contributed by atoms with Crippen molar-refractivity contribution in [2.45, 2.75) is 58.9 Å². The normalized spacial score (nSPS) is 21.5. The van der Waals surface area contributed by atoms with Gasteiger partial charge in [0.2, 0.25) is 0 Å². The van der Waals surface area contributed by atoms with Crippen LogP contribution in [0.2, 0.25) is 0 Å². The van der Waals surface area contributed by atoms with E-state index in [0.29, 0.717) is 12.0 Å². The van der Waals surface area contributed by atoms with E-state index in [0.717, 1.165) is 12.8 Å². The summed E-state index contributed by atoms with van der Waals surface area (Å²) in [7, 11) is 0. The van der Waals surface area contributed by atoms with E-state index in [2.05, 4.69) is 67.3 Å². The third-order valence-electron chi connectivity index (χ3n) is 6.59. The summed E-state index contributed by atoms with van der Waals surface area (Å²) in [5.74, 6) is 1.82. The van der Waals surface area contributed by atoms with E-state index in [1.54, 1.807) is 5.57 Å². The summed E-state index contributed by atoms with van der Waals surface area (Å²) in [4.78, 5) is 7.56. The second-order valence-electron chi connectivity index (χ2n) is 8.64. The van der Waals surface area contributed by atoms with Gasteiger partial charge in [-0.05, 0) is 88.6 Å². The summed E-state index contributed by atoms with van der Waals surface area (Å²) in [6.07, 6.45) is 12.7. The van der Waals surface area contributed by atoms with Gasteiger partial charge >= 0.3 is 0 Å². The molecule has 2 heterocycles. The fourth-order valence-electron chi connectivity index (χ4n) is 5.01. The fraction of sp³-hybridized carbons (Fsp3) is 0.480. The van der Waals surface area contributed by atoms with E-state index in [9.17, 15) is 0 Å². The van der Waals surface area contributed by atoms with Crippen molar-refractivity contribution in [1.29, 1.82) is 0 Å². The molecule has 2 atom stereocenters. The molecule has 3 heteroatoms. The molecule has 1 aromatic heterocycles. The predicted molar refractivity (Wildman–Crippen MR) is 117 cm³/mol. The fourth-order valence-corrected chi connectivity index (χ4v) is 5.01. The lowest BCUT2D eigenvalue weighted by molar-refractivity contribution is 0.256. The van der Waals surface area contributed by atoms with Crippen LogP contribution in [0.15, 0.2) is 54.4 Å². The molecule has 0 bridgehead atoms. The minimum atomic E-state index is 0.294. The molecule has 2 unspecified atom stereocenters. The van der Waals surface area contributed by atoms with Crippen molar-refractivity contribution in [3.05, 3.63) is 71.3 Å². The van der Waals surface area contributed by atoms with Crippen LogP contribution < -0.4 is 0 Å². The first-order valence-corrected chi connectivity index (χ1v) is 10.7. The van der Waals surface area contributed by atoms with Crippen molar-refractivity contribution in [2.24, 2.45) is 5.92 Å². The monoisotopic (exact) mass is 375 g/mol. The van der Waals surface area contributed by atoms with E-state index >= 15 is 0 Å². The smallest absolute Gasteiger partial charge is 0.134 e. The van der Waals surface area contributed by atoms with Gasteiger partial charge in [-0.15, -0.1) is 0 Å². The van der Waals surface area contributed by atoms with Crippen molar-refractivity contribution in [3.63, 3.8) is 0 Å². The second kappa shape index (κ2) is 8.08. The molecular weight excluding hydrogens is 342 g/mol. The highest BCUT2D eigenvalue weighted by Gasteiger charge is 2.32. The zero-order valence-electron chi connectivity index (χ0n) is 17.6. The Morgan fingerprint density at radius 2 is 1.89 bits per heavy atom. The van der Waals surface area contributed by atoms with Gasteiger partial charge in [-0.25, -0.2) is 4.98 Å². The average Bonchev–Trinajstić information content (AvgIpc) is 3.36. The van der Waals surface area contributed by atoms with Crippen LogP contribution in [-0.2, 0) is 0 Å². The number of likely N-dealkylation sites (tertiary alicyclic amines) is 1. The van der Waals surface area contributed by atoms with E-state index in [4.69, 9.17) is 4.98 Å². The molecule has 1 aliphatic heterocycles. The van der Waals surface area contributed by atoms with Gasteiger partial charge in [0.15, 0.2) is 0 Å². The minimum absolute atomic E-state index is 0.294. The molecule has 2 aliphatic rings. The van der Waals surface area contributed by atoms with Crippen molar-refractivity contribution >= 4 is 0 Å². The summed E-state index contributed by atoms with van der Waals surface area (Å²) < 4.78 is 2.35. The Balaban J connectivity index is 1.76. The van der Waals surface area contributed by atoms with Crippen LogP contribution in [0.3, 0.4) is 0 Å². The Morgan fingerprint density at radius 1 is 1.18 bits per heavy atom. The summed E-state index contributed by atoms with van der Waals surface area (Å²) in [6, 6.07) is 6.84. The van der Waals surface area contributed by atoms with E-state index in [1.807, 2.05) is 6.20 Å². The van der Waals surface area contributed by atoms with Gasteiger partial charge in [0.05, 0.1) is 11.7 Å². The van der Waals surface area contributed by atoms with E-state index in [1.165, 1.54) is 60.6 Å². The van der Waals surface area contributed by atoms with Crippen LogP contribution in [0.25, 0.3) is 5.69 Å². The van der Waals surface area contributed by atoms with Crippen molar-refractivity contribution < 1.29 is 0 Å². The Morgan fingerprint density at radius 3 is 2.50 bits per heavy atom. The highest BCUT2D eigenvalue weighted by molar-refractivity contribution is 5.48. The highest BCUT2D eigenvalue weighted by atomic mass is 15.2. The Labute approximate surface area is 169 Å². The van der Waals surface area contributed by atoms with Crippen molar-refractivity contribution in [1.82, 2.24) is 14.5 Å². The minimum Gasteiger partial charge on any atom is -0.302 e. The van der Waals surface area contributed by atoms with Gasteiger partial charge in [-0.2, -0.15) is 0 Å². The Bertz CT molecular complexity index is 863. The Kier molecular flexibility index (Phi) is 5.54. The molecule has 3 nitrogen and oxygen atoms in total. The van der Waals surface area contributed by atoms with E-state index < -0.39 is 0 Å². The van der Waals surface area contributed by atoms with Crippen LogP contribution >= 0.6 is 0 Å². The van der Waals surface area contributed by atoms with Gasteiger partial charge < -0.3 is 4.57 Å². The van der Waals surface area contributed by atoms with Gasteiger partial charge in [0, 0.05) is 12.4 Å². The molecule has 2 aromatic rings. The zero-order valence-corrected chi connectivity index (χ0v) is 17.6. The predicted octanol–water partition coefficient (Wildman–Crippen LogP) is 5.93. The molecule has 1 aliphatic carbocycles. The number of rotatable bonds is 5. The molecule has 1 fully saturated rings. The lowest BCUT2D eigenvalue weighted by Gasteiger charge is -2.33. The van der Waals surface area contributed by atoms with Crippen molar-refractivity contribution in [2.75, 3.05) is 13.1 Å². The highest BCUT2D eigenvalue weighted by Crippen LogP contribution is 2.39.